The van der Waals surface area contributed by atoms with Crippen LogP contribution in [0.25, 0.3) is 0 Å². The summed E-state index contributed by atoms with van der Waals surface area (Å²) in [6.07, 6.45) is 5.26. The third-order valence-corrected chi connectivity index (χ3v) is 4.15. The Morgan fingerprint density at radius 1 is 1.35 bits per heavy atom. The SMILES string of the molecule is CC(c1nncn1C)n1ccc2c1CC(C)(C)CC2=O. The van der Waals surface area contributed by atoms with Crippen molar-refractivity contribution < 1.29 is 4.79 Å². The van der Waals surface area contributed by atoms with Crippen molar-refractivity contribution in [3.63, 3.8) is 0 Å². The number of rotatable bonds is 2. The Labute approximate surface area is 118 Å². The Balaban J connectivity index is 2.05. The second-order valence-electron chi connectivity index (χ2n) is 6.50. The fourth-order valence-electron chi connectivity index (χ4n) is 3.12. The Hall–Kier alpha value is -1.91. The van der Waals surface area contributed by atoms with Gasteiger partial charge in [-0.25, -0.2) is 0 Å². The first-order valence-electron chi connectivity index (χ1n) is 6.96. The highest BCUT2D eigenvalue weighted by Crippen LogP contribution is 2.36. The van der Waals surface area contributed by atoms with Crippen molar-refractivity contribution in [2.75, 3.05) is 0 Å². The molecule has 106 valence electrons. The zero-order valence-corrected chi connectivity index (χ0v) is 12.4. The first-order valence-corrected chi connectivity index (χ1v) is 6.96. The molecule has 5 nitrogen and oxygen atoms in total. The van der Waals surface area contributed by atoms with E-state index in [0.717, 1.165) is 23.5 Å². The van der Waals surface area contributed by atoms with Gasteiger partial charge in [-0.2, -0.15) is 0 Å². The molecule has 20 heavy (non-hydrogen) atoms. The summed E-state index contributed by atoms with van der Waals surface area (Å²) in [5.74, 6) is 1.15. The number of ketones is 1. The van der Waals surface area contributed by atoms with Gasteiger partial charge in [0.1, 0.15) is 6.33 Å². The van der Waals surface area contributed by atoms with Gasteiger partial charge in [-0.1, -0.05) is 13.8 Å². The molecule has 0 aliphatic heterocycles. The molecule has 2 heterocycles. The van der Waals surface area contributed by atoms with E-state index in [1.165, 1.54) is 0 Å². The number of fused-ring (bicyclic) bond motifs is 1. The van der Waals surface area contributed by atoms with Gasteiger partial charge in [-0.3, -0.25) is 4.79 Å². The second kappa shape index (κ2) is 4.30. The highest BCUT2D eigenvalue weighted by atomic mass is 16.1. The maximum Gasteiger partial charge on any atom is 0.165 e. The van der Waals surface area contributed by atoms with E-state index in [1.807, 2.05) is 23.9 Å². The Morgan fingerprint density at radius 2 is 2.10 bits per heavy atom. The molecule has 0 N–H and O–H groups in total. The van der Waals surface area contributed by atoms with E-state index in [9.17, 15) is 4.79 Å². The molecule has 0 radical (unpaired) electrons. The molecule has 2 aromatic rings. The van der Waals surface area contributed by atoms with Crippen LogP contribution < -0.4 is 0 Å². The van der Waals surface area contributed by atoms with Gasteiger partial charge in [0.25, 0.3) is 0 Å². The van der Waals surface area contributed by atoms with Crippen LogP contribution in [0.5, 0.6) is 0 Å². The van der Waals surface area contributed by atoms with Gasteiger partial charge >= 0.3 is 0 Å². The molecule has 0 amide bonds. The lowest BCUT2D eigenvalue weighted by molar-refractivity contribution is 0.0909. The number of hydrogen-bond acceptors (Lipinski definition) is 3. The lowest BCUT2D eigenvalue weighted by Crippen LogP contribution is -2.29. The summed E-state index contributed by atoms with van der Waals surface area (Å²) in [7, 11) is 1.94. The first kappa shape index (κ1) is 13.1. The summed E-state index contributed by atoms with van der Waals surface area (Å²) in [5, 5.41) is 8.12. The van der Waals surface area contributed by atoms with E-state index in [1.54, 1.807) is 6.33 Å². The lowest BCUT2D eigenvalue weighted by Gasteiger charge is -2.30. The van der Waals surface area contributed by atoms with Crippen molar-refractivity contribution in [2.45, 2.75) is 39.7 Å². The molecule has 0 spiro atoms. The molecule has 0 bridgehead atoms. The Morgan fingerprint density at radius 3 is 2.75 bits per heavy atom. The third-order valence-electron chi connectivity index (χ3n) is 4.15. The third kappa shape index (κ3) is 1.97. The van der Waals surface area contributed by atoms with Gasteiger partial charge < -0.3 is 9.13 Å². The van der Waals surface area contributed by atoms with Gasteiger partial charge in [0, 0.05) is 30.9 Å². The molecule has 0 saturated carbocycles. The van der Waals surface area contributed by atoms with E-state index in [-0.39, 0.29) is 17.2 Å². The summed E-state index contributed by atoms with van der Waals surface area (Å²) in [5.41, 5.74) is 2.03. The van der Waals surface area contributed by atoms with Crippen LogP contribution in [0.2, 0.25) is 0 Å². The van der Waals surface area contributed by atoms with Crippen molar-refractivity contribution in [3.05, 3.63) is 35.7 Å². The van der Waals surface area contributed by atoms with E-state index < -0.39 is 0 Å². The smallest absolute Gasteiger partial charge is 0.165 e. The van der Waals surface area contributed by atoms with Gasteiger partial charge in [0.15, 0.2) is 11.6 Å². The molecule has 3 rings (SSSR count). The Kier molecular flexibility index (Phi) is 2.81. The van der Waals surface area contributed by atoms with Crippen LogP contribution >= 0.6 is 0 Å². The van der Waals surface area contributed by atoms with Crippen LogP contribution in [0.4, 0.5) is 0 Å². The minimum atomic E-state index is 0.0276. The molecule has 1 aliphatic carbocycles. The molecule has 1 atom stereocenters. The van der Waals surface area contributed by atoms with Crippen LogP contribution in [0.3, 0.4) is 0 Å². The molecular formula is C15H20N4O. The number of nitrogens with zero attached hydrogens (tertiary/aromatic N) is 4. The minimum Gasteiger partial charge on any atom is -0.340 e. The highest BCUT2D eigenvalue weighted by molar-refractivity contribution is 5.98. The van der Waals surface area contributed by atoms with E-state index in [4.69, 9.17) is 0 Å². The number of carbonyl (C=O) groups is 1. The maximum atomic E-state index is 12.2. The van der Waals surface area contributed by atoms with E-state index >= 15 is 0 Å². The monoisotopic (exact) mass is 272 g/mol. The number of Topliss-reactive ketones (excluding diaryl/α,β-unsaturated/α-hetero) is 1. The number of aryl methyl sites for hydroxylation is 1. The van der Waals surface area contributed by atoms with Crippen molar-refractivity contribution in [2.24, 2.45) is 12.5 Å². The summed E-state index contributed by atoms with van der Waals surface area (Å²) < 4.78 is 4.09. The average Bonchev–Trinajstić information content (AvgIpc) is 2.93. The highest BCUT2D eigenvalue weighted by Gasteiger charge is 2.34. The maximum absolute atomic E-state index is 12.2. The molecule has 1 unspecified atom stereocenters. The topological polar surface area (TPSA) is 52.7 Å². The largest absolute Gasteiger partial charge is 0.340 e. The van der Waals surface area contributed by atoms with Gasteiger partial charge in [0.05, 0.1) is 6.04 Å². The standard InChI is InChI=1S/C15H20N4O/c1-10(14-17-16-9-18(14)4)19-6-5-11-12(19)7-15(2,3)8-13(11)20/h5-6,9-10H,7-8H2,1-4H3. The number of carbonyl (C=O) groups excluding carboxylic acids is 1. The molecule has 2 aromatic heterocycles. The van der Waals surface area contributed by atoms with E-state index in [0.29, 0.717) is 6.42 Å². The van der Waals surface area contributed by atoms with Gasteiger partial charge in [0.2, 0.25) is 0 Å². The van der Waals surface area contributed by atoms with Gasteiger partial charge in [-0.05, 0) is 24.8 Å². The fourth-order valence-corrected chi connectivity index (χ4v) is 3.12. The summed E-state index contributed by atoms with van der Waals surface area (Å²) in [6, 6.07) is 2.02. The summed E-state index contributed by atoms with van der Waals surface area (Å²) in [4.78, 5) is 12.2. The molecule has 0 aromatic carbocycles. The zero-order valence-electron chi connectivity index (χ0n) is 12.4. The molecule has 5 heteroatoms. The summed E-state index contributed by atoms with van der Waals surface area (Å²) in [6.45, 7) is 6.40. The van der Waals surface area contributed by atoms with Crippen molar-refractivity contribution >= 4 is 5.78 Å². The zero-order chi connectivity index (χ0) is 14.5. The van der Waals surface area contributed by atoms with Crippen LogP contribution in [0.15, 0.2) is 18.6 Å². The van der Waals surface area contributed by atoms with Crippen LogP contribution in [-0.2, 0) is 13.5 Å². The van der Waals surface area contributed by atoms with Crippen LogP contribution in [0, 0.1) is 5.41 Å². The minimum absolute atomic E-state index is 0.0276. The number of aromatic nitrogens is 4. The Bertz CT molecular complexity index is 665. The van der Waals surface area contributed by atoms with Crippen LogP contribution in [0.1, 0.15) is 55.1 Å². The molecule has 0 saturated heterocycles. The van der Waals surface area contributed by atoms with Gasteiger partial charge in [-0.15, -0.1) is 10.2 Å². The van der Waals surface area contributed by atoms with E-state index in [2.05, 4.69) is 35.5 Å². The molecule has 1 aliphatic rings. The number of hydrogen-bond donors (Lipinski definition) is 0. The first-order chi connectivity index (χ1) is 9.39. The predicted octanol–water partition coefficient (Wildman–Crippen LogP) is 2.38. The average molecular weight is 272 g/mol. The van der Waals surface area contributed by atoms with Crippen LogP contribution in [-0.4, -0.2) is 25.1 Å². The molecular weight excluding hydrogens is 252 g/mol. The van der Waals surface area contributed by atoms with Crippen molar-refractivity contribution in [1.29, 1.82) is 0 Å². The van der Waals surface area contributed by atoms with Crippen molar-refractivity contribution in [3.8, 4) is 0 Å². The molecule has 0 fully saturated rings. The quantitative estimate of drug-likeness (QED) is 0.843. The summed E-state index contributed by atoms with van der Waals surface area (Å²) >= 11 is 0. The lowest BCUT2D eigenvalue weighted by atomic mass is 9.76. The van der Waals surface area contributed by atoms with Crippen molar-refractivity contribution in [1.82, 2.24) is 19.3 Å². The normalized spacial score (nSPS) is 18.9. The predicted molar refractivity (Wildman–Crippen MR) is 75.7 cm³/mol. The second-order valence-corrected chi connectivity index (χ2v) is 6.50. The fraction of sp³-hybridized carbons (Fsp3) is 0.533.